The number of imidazole rings is 1. The molecule has 0 saturated carbocycles. The fraction of sp³-hybridized carbons (Fsp3) is 0.444. The summed E-state index contributed by atoms with van der Waals surface area (Å²) in [5.41, 5.74) is 2.89. The van der Waals surface area contributed by atoms with E-state index in [2.05, 4.69) is 27.8 Å². The van der Waals surface area contributed by atoms with E-state index in [0.29, 0.717) is 0 Å². The van der Waals surface area contributed by atoms with Crippen molar-refractivity contribution in [2.75, 3.05) is 32.7 Å². The smallest absolute Gasteiger partial charge is 0.142 e. The Labute approximate surface area is 137 Å². The lowest BCUT2D eigenvalue weighted by Crippen LogP contribution is -2.47. The number of aromatic amines is 1. The number of aromatic nitrogens is 2. The van der Waals surface area contributed by atoms with E-state index in [0.717, 1.165) is 55.5 Å². The first kappa shape index (κ1) is 15.7. The highest BCUT2D eigenvalue weighted by atomic mass is 15.3. The van der Waals surface area contributed by atoms with Crippen LogP contribution in [0.25, 0.3) is 11.4 Å². The minimum atomic E-state index is -0.275. The molecule has 1 unspecified atom stereocenters. The second-order valence-electron chi connectivity index (χ2n) is 5.96. The molecule has 3 rings (SSSR count). The molecule has 23 heavy (non-hydrogen) atoms. The van der Waals surface area contributed by atoms with Crippen LogP contribution in [0.5, 0.6) is 0 Å². The first-order valence-electron chi connectivity index (χ1n) is 8.21. The van der Waals surface area contributed by atoms with Gasteiger partial charge in [-0.15, -0.1) is 0 Å². The molecule has 2 aromatic rings. The summed E-state index contributed by atoms with van der Waals surface area (Å²) in [6.07, 6.45) is 0. The molecule has 1 aliphatic heterocycles. The van der Waals surface area contributed by atoms with Gasteiger partial charge in [-0.3, -0.25) is 4.90 Å². The van der Waals surface area contributed by atoms with E-state index in [-0.39, 0.29) is 6.04 Å². The van der Waals surface area contributed by atoms with Gasteiger partial charge in [0.05, 0.1) is 11.8 Å². The van der Waals surface area contributed by atoms with Crippen LogP contribution in [-0.2, 0) is 0 Å². The Morgan fingerprint density at radius 1 is 1.22 bits per heavy atom. The molecule has 0 amide bonds. The zero-order valence-corrected chi connectivity index (χ0v) is 13.8. The molecule has 2 heterocycles. The van der Waals surface area contributed by atoms with E-state index in [1.807, 2.05) is 37.3 Å². The van der Waals surface area contributed by atoms with Gasteiger partial charge >= 0.3 is 0 Å². The third-order valence-electron chi connectivity index (χ3n) is 4.57. The summed E-state index contributed by atoms with van der Waals surface area (Å²) in [7, 11) is 0. The highest BCUT2D eigenvalue weighted by Gasteiger charge is 2.27. The molecule has 0 radical (unpaired) electrons. The quantitative estimate of drug-likeness (QED) is 0.943. The predicted octanol–water partition coefficient (Wildman–Crippen LogP) is 2.59. The lowest BCUT2D eigenvalue weighted by atomic mass is 10.1. The van der Waals surface area contributed by atoms with E-state index < -0.39 is 0 Å². The van der Waals surface area contributed by atoms with Crippen molar-refractivity contribution in [2.24, 2.45) is 0 Å². The molecule has 1 saturated heterocycles. The molecule has 1 atom stereocenters. The molecule has 1 fully saturated rings. The minimum Gasteiger partial charge on any atom is -0.342 e. The number of aryl methyl sites for hydroxylation is 1. The number of nitrogens with one attached hydrogen (secondary N) is 1. The summed E-state index contributed by atoms with van der Waals surface area (Å²) < 4.78 is 0. The zero-order chi connectivity index (χ0) is 16.2. The van der Waals surface area contributed by atoms with Crippen LogP contribution >= 0.6 is 0 Å². The van der Waals surface area contributed by atoms with Crippen molar-refractivity contribution >= 4 is 0 Å². The Morgan fingerprint density at radius 2 is 1.91 bits per heavy atom. The van der Waals surface area contributed by atoms with Crippen LogP contribution in [0.3, 0.4) is 0 Å². The molecule has 0 aliphatic carbocycles. The summed E-state index contributed by atoms with van der Waals surface area (Å²) >= 11 is 0. The number of hydrogen-bond acceptors (Lipinski definition) is 4. The van der Waals surface area contributed by atoms with E-state index in [9.17, 15) is 5.26 Å². The highest BCUT2D eigenvalue weighted by molar-refractivity contribution is 5.56. The van der Waals surface area contributed by atoms with E-state index in [4.69, 9.17) is 4.98 Å². The molecule has 1 aromatic heterocycles. The monoisotopic (exact) mass is 309 g/mol. The van der Waals surface area contributed by atoms with Crippen molar-refractivity contribution in [1.82, 2.24) is 19.8 Å². The lowest BCUT2D eigenvalue weighted by molar-refractivity contribution is 0.117. The molecule has 5 nitrogen and oxygen atoms in total. The summed E-state index contributed by atoms with van der Waals surface area (Å²) in [6.45, 7) is 9.12. The standard InChI is InChI=1S/C18H23N5/c1-3-22-9-11-23(12-10-22)16(13-19)17-14(2)20-18(21-17)15-7-5-4-6-8-15/h4-8,16H,3,9-12H2,1-2H3,(H,20,21). The van der Waals surface area contributed by atoms with Crippen molar-refractivity contribution in [2.45, 2.75) is 19.9 Å². The maximum absolute atomic E-state index is 9.70. The number of nitriles is 1. The fourth-order valence-electron chi connectivity index (χ4n) is 3.13. The van der Waals surface area contributed by atoms with Gasteiger partial charge in [0.25, 0.3) is 0 Å². The van der Waals surface area contributed by atoms with Gasteiger partial charge in [-0.2, -0.15) is 5.26 Å². The maximum Gasteiger partial charge on any atom is 0.142 e. The van der Waals surface area contributed by atoms with Gasteiger partial charge in [0, 0.05) is 37.4 Å². The van der Waals surface area contributed by atoms with Crippen molar-refractivity contribution in [3.8, 4) is 17.5 Å². The number of H-pyrrole nitrogens is 1. The van der Waals surface area contributed by atoms with Crippen molar-refractivity contribution in [1.29, 1.82) is 5.26 Å². The Bertz CT molecular complexity index is 677. The first-order chi connectivity index (χ1) is 11.2. The number of hydrogen-bond donors (Lipinski definition) is 1. The average molecular weight is 309 g/mol. The first-order valence-corrected chi connectivity index (χ1v) is 8.21. The van der Waals surface area contributed by atoms with Gasteiger partial charge in [0.2, 0.25) is 0 Å². The molecule has 1 N–H and O–H groups in total. The van der Waals surface area contributed by atoms with Crippen LogP contribution in [0.15, 0.2) is 30.3 Å². The second kappa shape index (κ2) is 6.95. The average Bonchev–Trinajstić information content (AvgIpc) is 2.99. The SMILES string of the molecule is CCN1CCN(C(C#N)c2nc(-c3ccccc3)[nH]c2C)CC1. The van der Waals surface area contributed by atoms with Crippen LogP contribution in [0.4, 0.5) is 0 Å². The van der Waals surface area contributed by atoms with Crippen LogP contribution in [-0.4, -0.2) is 52.5 Å². The van der Waals surface area contributed by atoms with Gasteiger partial charge in [-0.05, 0) is 13.5 Å². The van der Waals surface area contributed by atoms with Crippen molar-refractivity contribution < 1.29 is 0 Å². The van der Waals surface area contributed by atoms with Crippen molar-refractivity contribution in [3.05, 3.63) is 41.7 Å². The molecular weight excluding hydrogens is 286 g/mol. The van der Waals surface area contributed by atoms with Crippen molar-refractivity contribution in [3.63, 3.8) is 0 Å². The summed E-state index contributed by atoms with van der Waals surface area (Å²) in [5, 5.41) is 9.70. The van der Waals surface area contributed by atoms with E-state index in [1.54, 1.807) is 0 Å². The van der Waals surface area contributed by atoms with Crippen LogP contribution in [0, 0.1) is 18.3 Å². The van der Waals surface area contributed by atoms with Gasteiger partial charge in [-0.25, -0.2) is 4.98 Å². The van der Waals surface area contributed by atoms with Crippen LogP contribution in [0.1, 0.15) is 24.4 Å². The topological polar surface area (TPSA) is 58.9 Å². The minimum absolute atomic E-state index is 0.275. The molecule has 0 bridgehead atoms. The van der Waals surface area contributed by atoms with Gasteiger partial charge in [-0.1, -0.05) is 37.3 Å². The largest absolute Gasteiger partial charge is 0.342 e. The van der Waals surface area contributed by atoms with Gasteiger partial charge in [0.1, 0.15) is 11.9 Å². The number of nitrogens with zero attached hydrogens (tertiary/aromatic N) is 4. The Balaban J connectivity index is 1.82. The lowest BCUT2D eigenvalue weighted by Gasteiger charge is -2.36. The summed E-state index contributed by atoms with van der Waals surface area (Å²) in [5.74, 6) is 0.838. The fourth-order valence-corrected chi connectivity index (χ4v) is 3.13. The Hall–Kier alpha value is -2.16. The molecule has 120 valence electrons. The molecule has 1 aromatic carbocycles. The third kappa shape index (κ3) is 3.29. The molecule has 1 aliphatic rings. The maximum atomic E-state index is 9.70. The highest BCUT2D eigenvalue weighted by Crippen LogP contribution is 2.26. The summed E-state index contributed by atoms with van der Waals surface area (Å²) in [6, 6.07) is 12.2. The number of likely N-dealkylation sites (N-methyl/N-ethyl adjacent to an activating group) is 1. The Morgan fingerprint density at radius 3 is 2.52 bits per heavy atom. The number of benzene rings is 1. The third-order valence-corrected chi connectivity index (χ3v) is 4.57. The second-order valence-corrected chi connectivity index (χ2v) is 5.96. The van der Waals surface area contributed by atoms with E-state index in [1.165, 1.54) is 0 Å². The number of piperazine rings is 1. The molecule has 5 heteroatoms. The zero-order valence-electron chi connectivity index (χ0n) is 13.8. The summed E-state index contributed by atoms with van der Waals surface area (Å²) in [4.78, 5) is 12.7. The molecular formula is C18H23N5. The normalized spacial score (nSPS) is 17.8. The van der Waals surface area contributed by atoms with Gasteiger partial charge < -0.3 is 9.88 Å². The Kier molecular flexibility index (Phi) is 4.75. The van der Waals surface area contributed by atoms with E-state index >= 15 is 0 Å². The predicted molar refractivity (Wildman–Crippen MR) is 90.8 cm³/mol. The van der Waals surface area contributed by atoms with Crippen LogP contribution in [0.2, 0.25) is 0 Å². The van der Waals surface area contributed by atoms with Gasteiger partial charge in [0.15, 0.2) is 0 Å². The molecule has 0 spiro atoms. The van der Waals surface area contributed by atoms with Crippen LogP contribution < -0.4 is 0 Å². The number of rotatable bonds is 4.